The van der Waals surface area contributed by atoms with Crippen LogP contribution in [0.15, 0.2) is 18.2 Å². The van der Waals surface area contributed by atoms with Gasteiger partial charge in [-0.2, -0.15) is 0 Å². The first kappa shape index (κ1) is 18.0. The van der Waals surface area contributed by atoms with Crippen molar-refractivity contribution < 1.29 is 13.7 Å². The Hall–Kier alpha value is -1.07. The van der Waals surface area contributed by atoms with E-state index in [1.165, 1.54) is 5.56 Å². The molecule has 0 heterocycles. The molecule has 0 aliphatic heterocycles. The monoisotopic (exact) mass is 313 g/mol. The molecule has 120 valence electrons. The Morgan fingerprint density at radius 1 is 1.14 bits per heavy atom. The Balaban J connectivity index is 2.54. The van der Waals surface area contributed by atoms with Crippen LogP contribution in [0.2, 0.25) is 0 Å². The van der Waals surface area contributed by atoms with Gasteiger partial charge in [0.25, 0.3) is 0 Å². The Kier molecular flexibility index (Phi) is 7.75. The smallest absolute Gasteiger partial charge is 0.160 e. The van der Waals surface area contributed by atoms with Crippen LogP contribution in [0.5, 0.6) is 11.5 Å². The molecule has 0 saturated heterocycles. The zero-order valence-corrected chi connectivity index (χ0v) is 14.5. The molecular weight excluding hydrogens is 286 g/mol. The summed E-state index contributed by atoms with van der Waals surface area (Å²) in [6, 6.07) is 6.73. The van der Waals surface area contributed by atoms with Crippen LogP contribution < -0.4 is 14.8 Å². The first-order valence-corrected chi connectivity index (χ1v) is 8.96. The average molecular weight is 313 g/mol. The van der Waals surface area contributed by atoms with E-state index < -0.39 is 10.8 Å². The van der Waals surface area contributed by atoms with Crippen LogP contribution in [0.4, 0.5) is 0 Å². The summed E-state index contributed by atoms with van der Waals surface area (Å²) in [5, 5.41) is 3.54. The molecule has 1 rings (SSSR count). The highest BCUT2D eigenvalue weighted by Gasteiger charge is 2.11. The number of ether oxygens (including phenoxy) is 2. The Bertz CT molecular complexity index is 465. The van der Waals surface area contributed by atoms with Gasteiger partial charge in [0.15, 0.2) is 11.5 Å². The van der Waals surface area contributed by atoms with Crippen LogP contribution in [0.25, 0.3) is 0 Å². The zero-order valence-electron chi connectivity index (χ0n) is 13.6. The van der Waals surface area contributed by atoms with Crippen LogP contribution in [0.3, 0.4) is 0 Å². The maximum Gasteiger partial charge on any atom is 0.160 e. The molecule has 1 aromatic carbocycles. The minimum atomic E-state index is -0.717. The molecule has 0 spiro atoms. The molecule has 21 heavy (non-hydrogen) atoms. The summed E-state index contributed by atoms with van der Waals surface area (Å²) in [4.78, 5) is 0. The number of nitrogens with one attached hydrogen (secondary N) is 1. The second kappa shape index (κ2) is 9.05. The molecule has 0 radical (unpaired) electrons. The van der Waals surface area contributed by atoms with Crippen molar-refractivity contribution in [3.63, 3.8) is 0 Å². The molecule has 0 bridgehead atoms. The highest BCUT2D eigenvalue weighted by molar-refractivity contribution is 7.84. The molecule has 0 fully saturated rings. The van der Waals surface area contributed by atoms with E-state index in [0.717, 1.165) is 30.1 Å². The van der Waals surface area contributed by atoms with Crippen molar-refractivity contribution in [2.24, 2.45) is 0 Å². The predicted octanol–water partition coefficient (Wildman–Crippen LogP) is 2.38. The maximum atomic E-state index is 11.1. The van der Waals surface area contributed by atoms with E-state index in [1.54, 1.807) is 20.5 Å². The molecule has 0 aromatic heterocycles. The van der Waals surface area contributed by atoms with E-state index in [9.17, 15) is 4.21 Å². The average Bonchev–Trinajstić information content (AvgIpc) is 2.44. The van der Waals surface area contributed by atoms with Gasteiger partial charge in [0.2, 0.25) is 0 Å². The highest BCUT2D eigenvalue weighted by atomic mass is 32.2. The van der Waals surface area contributed by atoms with Crippen molar-refractivity contribution in [2.45, 2.75) is 38.8 Å². The van der Waals surface area contributed by atoms with Crippen molar-refractivity contribution in [1.29, 1.82) is 0 Å². The quantitative estimate of drug-likeness (QED) is 0.760. The van der Waals surface area contributed by atoms with Gasteiger partial charge < -0.3 is 14.8 Å². The number of hydrogen-bond donors (Lipinski definition) is 1. The highest BCUT2D eigenvalue weighted by Crippen LogP contribution is 2.27. The molecule has 5 heteroatoms. The third kappa shape index (κ3) is 6.48. The number of rotatable bonds is 9. The van der Waals surface area contributed by atoms with E-state index in [2.05, 4.69) is 25.2 Å². The normalized spacial score (nSPS) is 15.3. The maximum absolute atomic E-state index is 11.1. The largest absolute Gasteiger partial charge is 0.493 e. The SMILES string of the molecule is COc1ccc(CC(C)NC(C)CCS(C)=O)cc1OC. The van der Waals surface area contributed by atoms with Crippen LogP contribution in [0, 0.1) is 0 Å². The molecule has 3 atom stereocenters. The zero-order chi connectivity index (χ0) is 15.8. The van der Waals surface area contributed by atoms with Gasteiger partial charge in [-0.1, -0.05) is 6.07 Å². The van der Waals surface area contributed by atoms with Gasteiger partial charge in [-0.05, 0) is 44.4 Å². The van der Waals surface area contributed by atoms with Gasteiger partial charge in [-0.25, -0.2) is 0 Å². The lowest BCUT2D eigenvalue weighted by Crippen LogP contribution is -2.36. The lowest BCUT2D eigenvalue weighted by molar-refractivity contribution is 0.354. The Morgan fingerprint density at radius 3 is 2.38 bits per heavy atom. The Morgan fingerprint density at radius 2 is 1.81 bits per heavy atom. The lowest BCUT2D eigenvalue weighted by atomic mass is 10.1. The third-order valence-electron chi connectivity index (χ3n) is 3.40. The van der Waals surface area contributed by atoms with Crippen LogP contribution >= 0.6 is 0 Å². The van der Waals surface area contributed by atoms with Gasteiger partial charge in [0.05, 0.1) is 14.2 Å². The fourth-order valence-corrected chi connectivity index (χ4v) is 3.02. The van der Waals surface area contributed by atoms with Crippen molar-refractivity contribution >= 4 is 10.8 Å². The van der Waals surface area contributed by atoms with Gasteiger partial charge in [0.1, 0.15) is 0 Å². The summed E-state index contributed by atoms with van der Waals surface area (Å²) in [5.41, 5.74) is 1.21. The minimum absolute atomic E-state index is 0.350. The van der Waals surface area contributed by atoms with Gasteiger partial charge in [-0.15, -0.1) is 0 Å². The summed E-state index contributed by atoms with van der Waals surface area (Å²) in [7, 11) is 2.57. The molecule has 1 N–H and O–H groups in total. The van der Waals surface area contributed by atoms with Gasteiger partial charge >= 0.3 is 0 Å². The van der Waals surface area contributed by atoms with Crippen LogP contribution in [0.1, 0.15) is 25.8 Å². The van der Waals surface area contributed by atoms with E-state index in [0.29, 0.717) is 12.1 Å². The fourth-order valence-electron chi connectivity index (χ4n) is 2.33. The van der Waals surface area contributed by atoms with E-state index in [-0.39, 0.29) is 0 Å². The van der Waals surface area contributed by atoms with Crippen molar-refractivity contribution in [2.75, 3.05) is 26.2 Å². The molecule has 0 amide bonds. The van der Waals surface area contributed by atoms with E-state index >= 15 is 0 Å². The molecule has 3 unspecified atom stereocenters. The fraction of sp³-hybridized carbons (Fsp3) is 0.625. The first-order chi connectivity index (χ1) is 9.96. The van der Waals surface area contributed by atoms with Crippen molar-refractivity contribution in [3.8, 4) is 11.5 Å². The second-order valence-electron chi connectivity index (χ2n) is 5.43. The first-order valence-electron chi connectivity index (χ1n) is 7.23. The topological polar surface area (TPSA) is 47.6 Å². The van der Waals surface area contributed by atoms with Crippen molar-refractivity contribution in [1.82, 2.24) is 5.32 Å². The minimum Gasteiger partial charge on any atom is -0.493 e. The van der Waals surface area contributed by atoms with Gasteiger partial charge in [0, 0.05) is 34.9 Å². The predicted molar refractivity (Wildman–Crippen MR) is 88.9 cm³/mol. The summed E-state index contributed by atoms with van der Waals surface area (Å²) >= 11 is 0. The summed E-state index contributed by atoms with van der Waals surface area (Å²) < 4.78 is 21.7. The van der Waals surface area contributed by atoms with E-state index in [4.69, 9.17) is 9.47 Å². The second-order valence-corrected chi connectivity index (χ2v) is 6.98. The van der Waals surface area contributed by atoms with Crippen molar-refractivity contribution in [3.05, 3.63) is 23.8 Å². The summed E-state index contributed by atoms with van der Waals surface area (Å²) in [5.74, 6) is 2.26. The van der Waals surface area contributed by atoms with Crippen LogP contribution in [-0.4, -0.2) is 42.5 Å². The molecule has 1 aromatic rings. The van der Waals surface area contributed by atoms with E-state index in [1.807, 2.05) is 12.1 Å². The van der Waals surface area contributed by atoms with Gasteiger partial charge in [-0.3, -0.25) is 4.21 Å². The lowest BCUT2D eigenvalue weighted by Gasteiger charge is -2.20. The molecule has 0 aliphatic rings. The number of hydrogen-bond acceptors (Lipinski definition) is 4. The summed E-state index contributed by atoms with van der Waals surface area (Å²) in [6.45, 7) is 4.30. The molecular formula is C16H27NO3S. The third-order valence-corrected chi connectivity index (χ3v) is 4.21. The Labute approximate surface area is 130 Å². The molecule has 0 aliphatic carbocycles. The van der Waals surface area contributed by atoms with Crippen LogP contribution in [-0.2, 0) is 17.2 Å². The molecule has 0 saturated carbocycles. The standard InChI is InChI=1S/C16H27NO3S/c1-12(8-9-21(5)18)17-13(2)10-14-6-7-15(19-3)16(11-14)20-4/h6-7,11-13,17H,8-10H2,1-5H3. The number of benzene rings is 1. The number of methoxy groups -OCH3 is 2. The summed E-state index contributed by atoms with van der Waals surface area (Å²) in [6.07, 6.45) is 3.60. The molecule has 4 nitrogen and oxygen atoms in total.